The molecule has 0 aliphatic rings. The number of H-pyrrole nitrogens is 1. The van der Waals surface area contributed by atoms with Gasteiger partial charge >= 0.3 is 0 Å². The molecule has 0 fully saturated rings. The first-order valence-corrected chi connectivity index (χ1v) is 3.51. The van der Waals surface area contributed by atoms with Gasteiger partial charge in [-0.15, -0.1) is 5.10 Å². The van der Waals surface area contributed by atoms with Gasteiger partial charge in [0, 0.05) is 7.05 Å². The van der Waals surface area contributed by atoms with Gasteiger partial charge in [0.1, 0.15) is 5.82 Å². The lowest BCUT2D eigenvalue weighted by molar-refractivity contribution is 0.715. The molecule has 0 saturated carbocycles. The zero-order valence-corrected chi connectivity index (χ0v) is 6.81. The quantitative estimate of drug-likeness (QED) is 0.639. The second-order valence-corrected chi connectivity index (χ2v) is 2.52. The van der Waals surface area contributed by atoms with E-state index in [9.17, 15) is 0 Å². The van der Waals surface area contributed by atoms with Crippen LogP contribution in [-0.4, -0.2) is 30.2 Å². The van der Waals surface area contributed by atoms with Crippen LogP contribution in [0.3, 0.4) is 0 Å². The monoisotopic (exact) mass is 164 g/mol. The van der Waals surface area contributed by atoms with Gasteiger partial charge in [-0.05, 0) is 6.92 Å². The first-order valence-electron chi connectivity index (χ1n) is 3.51. The molecule has 62 valence electrons. The fraction of sp³-hybridized carbons (Fsp3) is 0.333. The number of aromatic nitrogens is 6. The van der Waals surface area contributed by atoms with Gasteiger partial charge in [0.15, 0.2) is 5.69 Å². The highest BCUT2D eigenvalue weighted by atomic mass is 15.4. The molecule has 0 spiro atoms. The van der Waals surface area contributed by atoms with Gasteiger partial charge in [0.05, 0.1) is 6.20 Å². The molecule has 12 heavy (non-hydrogen) atoms. The van der Waals surface area contributed by atoms with Crippen LogP contribution in [0.5, 0.6) is 0 Å². The van der Waals surface area contributed by atoms with Crippen molar-refractivity contribution in [3.8, 4) is 11.5 Å². The highest BCUT2D eigenvalue weighted by molar-refractivity contribution is 5.45. The Bertz CT molecular complexity index is 348. The van der Waals surface area contributed by atoms with Crippen molar-refractivity contribution in [1.82, 2.24) is 30.2 Å². The number of nitrogens with zero attached hydrogens (tertiary/aromatic N) is 5. The fourth-order valence-electron chi connectivity index (χ4n) is 0.907. The Morgan fingerprint density at radius 2 is 2.33 bits per heavy atom. The van der Waals surface area contributed by atoms with Crippen LogP contribution in [0.15, 0.2) is 6.20 Å². The number of rotatable bonds is 1. The van der Waals surface area contributed by atoms with Gasteiger partial charge in [-0.1, -0.05) is 5.21 Å². The van der Waals surface area contributed by atoms with Crippen LogP contribution in [0.2, 0.25) is 0 Å². The molecule has 0 aliphatic carbocycles. The van der Waals surface area contributed by atoms with Crippen molar-refractivity contribution >= 4 is 0 Å². The van der Waals surface area contributed by atoms with E-state index in [0.717, 1.165) is 5.82 Å². The third kappa shape index (κ3) is 1.07. The van der Waals surface area contributed by atoms with Crippen LogP contribution in [0.4, 0.5) is 0 Å². The third-order valence-electron chi connectivity index (χ3n) is 1.43. The van der Waals surface area contributed by atoms with Crippen molar-refractivity contribution in [3.05, 3.63) is 12.0 Å². The molecule has 0 aromatic carbocycles. The largest absolute Gasteiger partial charge is 0.263 e. The highest BCUT2D eigenvalue weighted by Crippen LogP contribution is 2.08. The summed E-state index contributed by atoms with van der Waals surface area (Å²) in [4.78, 5) is 4.11. The van der Waals surface area contributed by atoms with Gasteiger partial charge in [0.2, 0.25) is 5.82 Å². The van der Waals surface area contributed by atoms with Crippen molar-refractivity contribution in [1.29, 1.82) is 0 Å². The highest BCUT2D eigenvalue weighted by Gasteiger charge is 2.06. The van der Waals surface area contributed by atoms with E-state index in [-0.39, 0.29) is 0 Å². The van der Waals surface area contributed by atoms with Crippen molar-refractivity contribution in [3.63, 3.8) is 0 Å². The normalized spacial score (nSPS) is 10.5. The van der Waals surface area contributed by atoms with E-state index in [4.69, 9.17) is 0 Å². The molecule has 2 aromatic heterocycles. The SMILES string of the molecule is Cc1nc(-c2cn(C)nn2)n[nH]1. The molecule has 0 unspecified atom stereocenters. The molecule has 0 saturated heterocycles. The minimum Gasteiger partial charge on any atom is -0.263 e. The molecule has 0 amide bonds. The van der Waals surface area contributed by atoms with E-state index in [2.05, 4.69) is 25.5 Å². The first-order chi connectivity index (χ1) is 5.75. The minimum atomic E-state index is 0.584. The smallest absolute Gasteiger partial charge is 0.203 e. The molecule has 0 radical (unpaired) electrons. The molecule has 2 heterocycles. The Hall–Kier alpha value is -1.72. The Labute approximate surface area is 68.6 Å². The molecule has 6 nitrogen and oxygen atoms in total. The van der Waals surface area contributed by atoms with E-state index < -0.39 is 0 Å². The van der Waals surface area contributed by atoms with Crippen LogP contribution < -0.4 is 0 Å². The summed E-state index contributed by atoms with van der Waals surface area (Å²) in [7, 11) is 1.80. The van der Waals surface area contributed by atoms with Gasteiger partial charge < -0.3 is 0 Å². The maximum atomic E-state index is 4.11. The number of hydrogen-bond acceptors (Lipinski definition) is 4. The fourth-order valence-corrected chi connectivity index (χ4v) is 0.907. The number of aromatic amines is 1. The second-order valence-electron chi connectivity index (χ2n) is 2.52. The average molecular weight is 164 g/mol. The Morgan fingerprint density at radius 3 is 2.83 bits per heavy atom. The van der Waals surface area contributed by atoms with Crippen molar-refractivity contribution in [2.75, 3.05) is 0 Å². The zero-order chi connectivity index (χ0) is 8.55. The molecular weight excluding hydrogens is 156 g/mol. The van der Waals surface area contributed by atoms with Gasteiger partial charge in [0.25, 0.3) is 0 Å². The maximum absolute atomic E-state index is 4.11. The summed E-state index contributed by atoms with van der Waals surface area (Å²) in [6.07, 6.45) is 1.77. The lowest BCUT2D eigenvalue weighted by atomic mass is 10.4. The summed E-state index contributed by atoms with van der Waals surface area (Å²) >= 11 is 0. The molecule has 1 N–H and O–H groups in total. The van der Waals surface area contributed by atoms with Crippen LogP contribution in [0.25, 0.3) is 11.5 Å². The summed E-state index contributed by atoms with van der Waals surface area (Å²) < 4.78 is 1.61. The molecule has 2 rings (SSSR count). The lowest BCUT2D eigenvalue weighted by Crippen LogP contribution is -1.85. The molecule has 2 aromatic rings. The number of hydrogen-bond donors (Lipinski definition) is 1. The zero-order valence-electron chi connectivity index (χ0n) is 6.81. The van der Waals surface area contributed by atoms with Crippen LogP contribution in [0.1, 0.15) is 5.82 Å². The predicted molar refractivity (Wildman–Crippen MR) is 41.1 cm³/mol. The third-order valence-corrected chi connectivity index (χ3v) is 1.43. The van der Waals surface area contributed by atoms with Crippen molar-refractivity contribution in [2.24, 2.45) is 7.05 Å². The average Bonchev–Trinajstić information content (AvgIpc) is 2.58. The summed E-state index contributed by atoms with van der Waals surface area (Å²) in [5, 5.41) is 14.3. The summed E-state index contributed by atoms with van der Waals surface area (Å²) in [6.45, 7) is 1.84. The van der Waals surface area contributed by atoms with Crippen LogP contribution in [0, 0.1) is 6.92 Å². The van der Waals surface area contributed by atoms with E-state index in [1.54, 1.807) is 17.9 Å². The van der Waals surface area contributed by atoms with Crippen molar-refractivity contribution in [2.45, 2.75) is 6.92 Å². The Morgan fingerprint density at radius 1 is 1.50 bits per heavy atom. The standard InChI is InChI=1S/C6H8N6/c1-4-7-6(10-8-4)5-3-12(2)11-9-5/h3H,1-2H3,(H,7,8,10). The first kappa shape index (κ1) is 6.96. The predicted octanol–water partition coefficient (Wildman–Crippen LogP) is -0.0914. The number of aryl methyl sites for hydroxylation is 2. The molecule has 6 heteroatoms. The van der Waals surface area contributed by atoms with E-state index in [1.807, 2.05) is 6.92 Å². The van der Waals surface area contributed by atoms with E-state index in [1.165, 1.54) is 0 Å². The maximum Gasteiger partial charge on any atom is 0.203 e. The minimum absolute atomic E-state index is 0.584. The summed E-state index contributed by atoms with van der Waals surface area (Å²) in [5.74, 6) is 1.36. The molecular formula is C6H8N6. The van der Waals surface area contributed by atoms with Crippen LogP contribution >= 0.6 is 0 Å². The van der Waals surface area contributed by atoms with Gasteiger partial charge in [-0.25, -0.2) is 4.98 Å². The number of nitrogens with one attached hydrogen (secondary N) is 1. The topological polar surface area (TPSA) is 72.3 Å². The molecule has 0 atom stereocenters. The van der Waals surface area contributed by atoms with Gasteiger partial charge in [-0.3, -0.25) is 9.78 Å². The second kappa shape index (κ2) is 2.40. The molecule has 0 aliphatic heterocycles. The van der Waals surface area contributed by atoms with Gasteiger partial charge in [-0.2, -0.15) is 5.10 Å². The Balaban J connectivity index is 2.43. The summed E-state index contributed by atoms with van der Waals surface area (Å²) in [6, 6.07) is 0. The summed E-state index contributed by atoms with van der Waals surface area (Å²) in [5.41, 5.74) is 0.682. The van der Waals surface area contributed by atoms with E-state index in [0.29, 0.717) is 11.5 Å². The molecule has 0 bridgehead atoms. The van der Waals surface area contributed by atoms with Crippen molar-refractivity contribution < 1.29 is 0 Å². The lowest BCUT2D eigenvalue weighted by Gasteiger charge is -1.81. The van der Waals surface area contributed by atoms with E-state index >= 15 is 0 Å². The Kier molecular flexibility index (Phi) is 1.39. The van der Waals surface area contributed by atoms with Crippen LogP contribution in [-0.2, 0) is 7.05 Å².